The summed E-state index contributed by atoms with van der Waals surface area (Å²) < 4.78 is 13.5. The fourth-order valence-electron chi connectivity index (χ4n) is 2.68. The molecule has 3 nitrogen and oxygen atoms in total. The van der Waals surface area contributed by atoms with Crippen LogP contribution in [-0.2, 0) is 6.54 Å². The normalized spacial score (nSPS) is 20.2. The summed E-state index contributed by atoms with van der Waals surface area (Å²) in [6.45, 7) is 9.22. The van der Waals surface area contributed by atoms with Crippen LogP contribution < -0.4 is 10.2 Å². The van der Waals surface area contributed by atoms with Crippen molar-refractivity contribution in [3.05, 3.63) is 23.6 Å². The number of nitrogens with one attached hydrogen (secondary N) is 1. The molecule has 0 spiro atoms. The van der Waals surface area contributed by atoms with Crippen LogP contribution in [0.3, 0.4) is 0 Å². The molecular weight excluding hydrogens is 253 g/mol. The van der Waals surface area contributed by atoms with E-state index in [-0.39, 0.29) is 5.82 Å². The average molecular weight is 279 g/mol. The standard InChI is InChI=1S/C16H26FN3/c1-12(2)18-10-14-9-15(17)11-19-16(14)20-7-4-5-13(3)6-8-20/h9,11-13,18H,4-8,10H2,1-3H3. The minimum absolute atomic E-state index is 0.252. The van der Waals surface area contributed by atoms with E-state index in [2.05, 4.69) is 36.0 Å². The van der Waals surface area contributed by atoms with E-state index in [1.807, 2.05) is 0 Å². The maximum atomic E-state index is 13.5. The van der Waals surface area contributed by atoms with Crippen LogP contribution in [0.15, 0.2) is 12.3 Å². The molecule has 1 fully saturated rings. The van der Waals surface area contributed by atoms with Gasteiger partial charge in [0.1, 0.15) is 11.6 Å². The minimum Gasteiger partial charge on any atom is -0.356 e. The Morgan fingerprint density at radius 2 is 2.20 bits per heavy atom. The molecule has 1 aliphatic heterocycles. The SMILES string of the molecule is CC1CCCN(c2ncc(F)cc2CNC(C)C)CC1. The number of rotatable bonds is 4. The van der Waals surface area contributed by atoms with Crippen molar-refractivity contribution in [3.8, 4) is 0 Å². The summed E-state index contributed by atoms with van der Waals surface area (Å²) in [7, 11) is 0. The van der Waals surface area contributed by atoms with Gasteiger partial charge in [0.05, 0.1) is 6.20 Å². The highest BCUT2D eigenvalue weighted by Crippen LogP contribution is 2.24. The maximum absolute atomic E-state index is 13.5. The Morgan fingerprint density at radius 3 is 2.95 bits per heavy atom. The van der Waals surface area contributed by atoms with E-state index in [9.17, 15) is 4.39 Å². The molecule has 0 radical (unpaired) electrons. The topological polar surface area (TPSA) is 28.2 Å². The van der Waals surface area contributed by atoms with Gasteiger partial charge in [-0.05, 0) is 31.2 Å². The lowest BCUT2D eigenvalue weighted by molar-refractivity contribution is 0.520. The van der Waals surface area contributed by atoms with Crippen LogP contribution in [0.1, 0.15) is 45.6 Å². The number of aromatic nitrogens is 1. The Labute approximate surface area is 121 Å². The Kier molecular flexibility index (Phi) is 5.35. The lowest BCUT2D eigenvalue weighted by Gasteiger charge is -2.24. The second kappa shape index (κ2) is 7.02. The van der Waals surface area contributed by atoms with Gasteiger partial charge in [-0.1, -0.05) is 20.8 Å². The molecule has 20 heavy (non-hydrogen) atoms. The molecule has 0 bridgehead atoms. The van der Waals surface area contributed by atoms with E-state index in [0.717, 1.165) is 30.4 Å². The van der Waals surface area contributed by atoms with Crippen molar-refractivity contribution in [2.24, 2.45) is 5.92 Å². The monoisotopic (exact) mass is 279 g/mol. The van der Waals surface area contributed by atoms with Crippen molar-refractivity contribution in [1.82, 2.24) is 10.3 Å². The number of hydrogen-bond donors (Lipinski definition) is 1. The van der Waals surface area contributed by atoms with Crippen LogP contribution in [-0.4, -0.2) is 24.1 Å². The van der Waals surface area contributed by atoms with Crippen molar-refractivity contribution in [2.75, 3.05) is 18.0 Å². The van der Waals surface area contributed by atoms with Gasteiger partial charge in [0.15, 0.2) is 0 Å². The Balaban J connectivity index is 2.16. The highest BCUT2D eigenvalue weighted by atomic mass is 19.1. The first-order chi connectivity index (χ1) is 9.56. The van der Waals surface area contributed by atoms with Gasteiger partial charge in [0, 0.05) is 31.2 Å². The fourth-order valence-corrected chi connectivity index (χ4v) is 2.68. The molecule has 2 heterocycles. The maximum Gasteiger partial charge on any atom is 0.141 e. The van der Waals surface area contributed by atoms with Crippen molar-refractivity contribution < 1.29 is 4.39 Å². The first-order valence-corrected chi connectivity index (χ1v) is 7.69. The predicted octanol–water partition coefficient (Wildman–Crippen LogP) is 3.35. The van der Waals surface area contributed by atoms with Crippen LogP contribution in [0.4, 0.5) is 10.2 Å². The summed E-state index contributed by atoms with van der Waals surface area (Å²) >= 11 is 0. The second-order valence-corrected chi connectivity index (χ2v) is 6.19. The highest BCUT2D eigenvalue weighted by Gasteiger charge is 2.18. The van der Waals surface area contributed by atoms with Gasteiger partial charge in [0.2, 0.25) is 0 Å². The first kappa shape index (κ1) is 15.2. The zero-order valence-electron chi connectivity index (χ0n) is 12.8. The molecule has 112 valence electrons. The third-order valence-electron chi connectivity index (χ3n) is 3.93. The van der Waals surface area contributed by atoms with Gasteiger partial charge in [-0.15, -0.1) is 0 Å². The molecule has 1 aromatic rings. The van der Waals surface area contributed by atoms with Gasteiger partial charge >= 0.3 is 0 Å². The molecular formula is C16H26FN3. The van der Waals surface area contributed by atoms with Crippen molar-refractivity contribution in [3.63, 3.8) is 0 Å². The largest absolute Gasteiger partial charge is 0.356 e. The molecule has 0 saturated carbocycles. The van der Waals surface area contributed by atoms with Crippen LogP contribution in [0.5, 0.6) is 0 Å². The summed E-state index contributed by atoms with van der Waals surface area (Å²) in [6, 6.07) is 2.00. The van der Waals surface area contributed by atoms with E-state index in [1.165, 1.54) is 25.5 Å². The van der Waals surface area contributed by atoms with Gasteiger partial charge in [-0.25, -0.2) is 9.37 Å². The third kappa shape index (κ3) is 4.17. The molecule has 1 aliphatic rings. The molecule has 1 atom stereocenters. The van der Waals surface area contributed by atoms with Gasteiger partial charge < -0.3 is 10.2 Å². The number of halogens is 1. The van der Waals surface area contributed by atoms with E-state index >= 15 is 0 Å². The molecule has 0 aromatic carbocycles. The van der Waals surface area contributed by atoms with Gasteiger partial charge in [0.25, 0.3) is 0 Å². The molecule has 0 amide bonds. The van der Waals surface area contributed by atoms with Gasteiger partial charge in [-0.2, -0.15) is 0 Å². The second-order valence-electron chi connectivity index (χ2n) is 6.19. The van der Waals surface area contributed by atoms with Crippen LogP contribution in [0.2, 0.25) is 0 Å². The summed E-state index contributed by atoms with van der Waals surface area (Å²) in [6.07, 6.45) is 4.99. The number of pyridine rings is 1. The van der Waals surface area contributed by atoms with E-state index < -0.39 is 0 Å². The minimum atomic E-state index is -0.252. The lowest BCUT2D eigenvalue weighted by Crippen LogP contribution is -2.29. The Morgan fingerprint density at radius 1 is 1.40 bits per heavy atom. The van der Waals surface area contributed by atoms with E-state index in [0.29, 0.717) is 12.6 Å². The fraction of sp³-hybridized carbons (Fsp3) is 0.688. The average Bonchev–Trinajstić information content (AvgIpc) is 2.61. The van der Waals surface area contributed by atoms with Crippen LogP contribution in [0, 0.1) is 11.7 Å². The number of nitrogens with zero attached hydrogens (tertiary/aromatic N) is 2. The summed E-state index contributed by atoms with van der Waals surface area (Å²) in [4.78, 5) is 6.68. The molecule has 4 heteroatoms. The lowest BCUT2D eigenvalue weighted by atomic mass is 10.0. The predicted molar refractivity (Wildman–Crippen MR) is 81.4 cm³/mol. The number of anilines is 1. The summed E-state index contributed by atoms with van der Waals surface area (Å²) in [5, 5.41) is 3.36. The first-order valence-electron chi connectivity index (χ1n) is 7.69. The van der Waals surface area contributed by atoms with Crippen LogP contribution >= 0.6 is 0 Å². The zero-order valence-corrected chi connectivity index (χ0v) is 12.8. The number of hydrogen-bond acceptors (Lipinski definition) is 3. The van der Waals surface area contributed by atoms with Crippen molar-refractivity contribution >= 4 is 5.82 Å². The van der Waals surface area contributed by atoms with E-state index in [1.54, 1.807) is 6.07 Å². The molecule has 1 unspecified atom stereocenters. The molecule has 1 aromatic heterocycles. The van der Waals surface area contributed by atoms with Gasteiger partial charge in [-0.3, -0.25) is 0 Å². The molecule has 2 rings (SSSR count). The van der Waals surface area contributed by atoms with Crippen LogP contribution in [0.25, 0.3) is 0 Å². The Bertz CT molecular complexity index is 434. The smallest absolute Gasteiger partial charge is 0.141 e. The Hall–Kier alpha value is -1.16. The third-order valence-corrected chi connectivity index (χ3v) is 3.93. The molecule has 1 saturated heterocycles. The summed E-state index contributed by atoms with van der Waals surface area (Å²) in [5.74, 6) is 1.48. The molecule has 1 N–H and O–H groups in total. The zero-order chi connectivity index (χ0) is 14.5. The van der Waals surface area contributed by atoms with Crippen molar-refractivity contribution in [1.29, 1.82) is 0 Å². The summed E-state index contributed by atoms with van der Waals surface area (Å²) in [5.41, 5.74) is 0.966. The highest BCUT2D eigenvalue weighted by molar-refractivity contribution is 5.47. The van der Waals surface area contributed by atoms with E-state index in [4.69, 9.17) is 0 Å². The molecule has 0 aliphatic carbocycles. The van der Waals surface area contributed by atoms with Crippen molar-refractivity contribution in [2.45, 2.75) is 52.6 Å². The quantitative estimate of drug-likeness (QED) is 0.916.